The first-order chi connectivity index (χ1) is 18.7. The molecule has 1 N–H and O–H groups in total. The number of anilines is 2. The van der Waals surface area contributed by atoms with Gasteiger partial charge in [-0.25, -0.2) is 4.68 Å². The van der Waals surface area contributed by atoms with Gasteiger partial charge in [0.15, 0.2) is 5.69 Å². The molecule has 5 rings (SSSR count). The molecule has 0 radical (unpaired) electrons. The second-order valence-electron chi connectivity index (χ2n) is 10.6. The summed E-state index contributed by atoms with van der Waals surface area (Å²) in [6.07, 6.45) is 7.21. The first kappa shape index (κ1) is 26.5. The molecule has 4 aromatic heterocycles. The van der Waals surface area contributed by atoms with E-state index in [1.165, 1.54) is 0 Å². The Morgan fingerprint density at radius 3 is 2.41 bits per heavy atom. The van der Waals surface area contributed by atoms with Crippen LogP contribution in [0.3, 0.4) is 0 Å². The van der Waals surface area contributed by atoms with Crippen molar-refractivity contribution in [2.45, 2.75) is 53.6 Å². The van der Waals surface area contributed by atoms with Gasteiger partial charge in [0.25, 0.3) is 5.91 Å². The van der Waals surface area contributed by atoms with Crippen LogP contribution in [0.25, 0.3) is 16.9 Å². The Balaban J connectivity index is 1.33. The highest BCUT2D eigenvalue weighted by molar-refractivity contribution is 6.03. The molecule has 0 saturated carbocycles. The first-order valence-corrected chi connectivity index (χ1v) is 13.4. The number of nitrogens with one attached hydrogen (secondary N) is 1. The van der Waals surface area contributed by atoms with Crippen LogP contribution >= 0.6 is 0 Å². The van der Waals surface area contributed by atoms with Crippen LogP contribution in [0.5, 0.6) is 0 Å². The molecular formula is C28H36N10O. The van der Waals surface area contributed by atoms with Crippen molar-refractivity contribution in [1.29, 1.82) is 0 Å². The SMILES string of the molecule is Cc1ncc(NC(=O)c2cc(C)n(C(C)C)n2)cc1-n1cc(-c2cncc(N3CCN(C(C)C)CC3)c2)nn1. The Morgan fingerprint density at radius 1 is 0.949 bits per heavy atom. The highest BCUT2D eigenvalue weighted by Crippen LogP contribution is 2.25. The Labute approximate surface area is 228 Å². The molecule has 204 valence electrons. The summed E-state index contributed by atoms with van der Waals surface area (Å²) in [4.78, 5) is 26.7. The third-order valence-electron chi connectivity index (χ3n) is 7.13. The lowest BCUT2D eigenvalue weighted by Gasteiger charge is -2.38. The highest BCUT2D eigenvalue weighted by Gasteiger charge is 2.20. The summed E-state index contributed by atoms with van der Waals surface area (Å²) < 4.78 is 3.51. The lowest BCUT2D eigenvalue weighted by molar-refractivity contribution is 0.102. The molecule has 11 nitrogen and oxygen atoms in total. The van der Waals surface area contributed by atoms with Gasteiger partial charge in [-0.3, -0.25) is 24.3 Å². The van der Waals surface area contributed by atoms with E-state index in [1.807, 2.05) is 57.0 Å². The summed E-state index contributed by atoms with van der Waals surface area (Å²) in [5, 5.41) is 16.1. The molecule has 1 aliphatic heterocycles. The summed E-state index contributed by atoms with van der Waals surface area (Å²) in [6.45, 7) is 16.4. The van der Waals surface area contributed by atoms with Gasteiger partial charge in [0.05, 0.1) is 41.3 Å². The molecule has 0 aliphatic carbocycles. The number of amides is 1. The summed E-state index contributed by atoms with van der Waals surface area (Å²) in [5.74, 6) is -0.287. The third-order valence-corrected chi connectivity index (χ3v) is 7.13. The van der Waals surface area contributed by atoms with Gasteiger partial charge in [0.2, 0.25) is 0 Å². The quantitative estimate of drug-likeness (QED) is 0.385. The fourth-order valence-corrected chi connectivity index (χ4v) is 4.89. The van der Waals surface area contributed by atoms with Gasteiger partial charge in [0, 0.05) is 55.7 Å². The van der Waals surface area contributed by atoms with Crippen molar-refractivity contribution in [3.8, 4) is 16.9 Å². The number of aryl methyl sites for hydroxylation is 2. The van der Waals surface area contributed by atoms with Crippen molar-refractivity contribution in [3.63, 3.8) is 0 Å². The average molecular weight is 529 g/mol. The topological polar surface area (TPSA) is 110 Å². The molecule has 1 amide bonds. The predicted molar refractivity (Wildman–Crippen MR) is 151 cm³/mol. The zero-order valence-corrected chi connectivity index (χ0v) is 23.5. The maximum atomic E-state index is 12.9. The summed E-state index contributed by atoms with van der Waals surface area (Å²) >= 11 is 0. The number of hydrogen-bond acceptors (Lipinski definition) is 8. The minimum absolute atomic E-state index is 0.173. The monoisotopic (exact) mass is 528 g/mol. The van der Waals surface area contributed by atoms with Crippen LogP contribution in [0.1, 0.15) is 55.6 Å². The molecule has 4 aromatic rings. The second kappa shape index (κ2) is 10.9. The number of hydrogen-bond donors (Lipinski definition) is 1. The van der Waals surface area contributed by atoms with Gasteiger partial charge in [0.1, 0.15) is 5.69 Å². The van der Waals surface area contributed by atoms with E-state index >= 15 is 0 Å². The van der Waals surface area contributed by atoms with E-state index in [9.17, 15) is 4.79 Å². The normalized spacial score (nSPS) is 14.4. The van der Waals surface area contributed by atoms with Crippen LogP contribution in [0.15, 0.2) is 43.0 Å². The Hall–Kier alpha value is -4.12. The van der Waals surface area contributed by atoms with Crippen LogP contribution in [-0.4, -0.2) is 77.8 Å². The van der Waals surface area contributed by atoms with Gasteiger partial charge >= 0.3 is 0 Å². The van der Waals surface area contributed by atoms with E-state index in [2.05, 4.69) is 60.4 Å². The molecule has 1 fully saturated rings. The highest BCUT2D eigenvalue weighted by atomic mass is 16.2. The minimum atomic E-state index is -0.287. The van der Waals surface area contributed by atoms with Crippen molar-refractivity contribution >= 4 is 17.3 Å². The summed E-state index contributed by atoms with van der Waals surface area (Å²) in [5.41, 5.74) is 6.05. The lowest BCUT2D eigenvalue weighted by atomic mass is 10.2. The molecule has 0 unspecified atom stereocenters. The number of carbonyl (C=O) groups is 1. The lowest BCUT2D eigenvalue weighted by Crippen LogP contribution is -2.48. The standard InChI is InChI=1S/C28H36N10O/c1-18(2)35-7-9-36(10-8-35)24-12-22(14-29-16-24)26-17-37(34-32-26)27-13-23(15-30-21(27)6)31-28(39)25-11-20(5)38(33-25)19(3)4/h11-19H,7-10H2,1-6H3,(H,31,39). The van der Waals surface area contributed by atoms with E-state index in [0.29, 0.717) is 23.1 Å². The van der Waals surface area contributed by atoms with Crippen LogP contribution in [-0.2, 0) is 0 Å². The van der Waals surface area contributed by atoms with Crippen molar-refractivity contribution in [3.05, 3.63) is 60.1 Å². The van der Waals surface area contributed by atoms with E-state index in [1.54, 1.807) is 16.9 Å². The van der Waals surface area contributed by atoms with Crippen LogP contribution < -0.4 is 10.2 Å². The fraction of sp³-hybridized carbons (Fsp3) is 0.429. The molecule has 1 saturated heterocycles. The number of piperazine rings is 1. The minimum Gasteiger partial charge on any atom is -0.368 e. The number of rotatable bonds is 7. The van der Waals surface area contributed by atoms with E-state index < -0.39 is 0 Å². The Kier molecular flexibility index (Phi) is 7.42. The van der Waals surface area contributed by atoms with Gasteiger partial charge in [-0.15, -0.1) is 5.10 Å². The predicted octanol–water partition coefficient (Wildman–Crippen LogP) is 3.90. The molecule has 0 aromatic carbocycles. The molecule has 5 heterocycles. The van der Waals surface area contributed by atoms with E-state index in [-0.39, 0.29) is 11.9 Å². The molecule has 39 heavy (non-hydrogen) atoms. The van der Waals surface area contributed by atoms with Gasteiger partial charge in [-0.05, 0) is 59.7 Å². The number of carbonyl (C=O) groups excluding carboxylic acids is 1. The molecular weight excluding hydrogens is 492 g/mol. The molecule has 1 aliphatic rings. The Bertz CT molecular complexity index is 1460. The van der Waals surface area contributed by atoms with E-state index in [4.69, 9.17) is 0 Å². The van der Waals surface area contributed by atoms with Crippen molar-refractivity contribution in [2.24, 2.45) is 0 Å². The average Bonchev–Trinajstić information content (AvgIpc) is 3.57. The fourth-order valence-electron chi connectivity index (χ4n) is 4.89. The molecule has 0 atom stereocenters. The zero-order valence-electron chi connectivity index (χ0n) is 23.5. The maximum Gasteiger partial charge on any atom is 0.276 e. The van der Waals surface area contributed by atoms with Crippen LogP contribution in [0.4, 0.5) is 11.4 Å². The third kappa shape index (κ3) is 5.68. The second-order valence-corrected chi connectivity index (χ2v) is 10.6. The van der Waals surface area contributed by atoms with E-state index in [0.717, 1.165) is 54.5 Å². The van der Waals surface area contributed by atoms with Gasteiger partial charge < -0.3 is 10.2 Å². The molecule has 0 spiro atoms. The molecule has 11 heteroatoms. The van der Waals surface area contributed by atoms with Crippen molar-refractivity contribution in [2.75, 3.05) is 36.4 Å². The largest absolute Gasteiger partial charge is 0.368 e. The van der Waals surface area contributed by atoms with Crippen LogP contribution in [0, 0.1) is 13.8 Å². The summed E-state index contributed by atoms with van der Waals surface area (Å²) in [6, 6.07) is 6.48. The van der Waals surface area contributed by atoms with Crippen molar-refractivity contribution < 1.29 is 4.79 Å². The van der Waals surface area contributed by atoms with Gasteiger partial charge in [-0.1, -0.05) is 5.21 Å². The number of pyridine rings is 2. The first-order valence-electron chi connectivity index (χ1n) is 13.4. The maximum absolute atomic E-state index is 12.9. The number of aromatic nitrogens is 7. The van der Waals surface area contributed by atoms with Gasteiger partial charge in [-0.2, -0.15) is 5.10 Å². The number of nitrogens with zero attached hydrogens (tertiary/aromatic N) is 9. The molecule has 0 bridgehead atoms. The van der Waals surface area contributed by atoms with Crippen molar-refractivity contribution in [1.82, 2.24) is 39.6 Å². The smallest absolute Gasteiger partial charge is 0.276 e. The summed E-state index contributed by atoms with van der Waals surface area (Å²) in [7, 11) is 0. The Morgan fingerprint density at radius 2 is 1.72 bits per heavy atom. The van der Waals surface area contributed by atoms with Crippen LogP contribution in [0.2, 0.25) is 0 Å². The zero-order chi connectivity index (χ0) is 27.7.